The molecule has 0 bridgehead atoms. The van der Waals surface area contributed by atoms with Crippen molar-refractivity contribution in [3.05, 3.63) is 34.9 Å². The van der Waals surface area contributed by atoms with Crippen LogP contribution < -0.4 is 5.32 Å². The highest BCUT2D eigenvalue weighted by molar-refractivity contribution is 5.76. The van der Waals surface area contributed by atoms with Crippen LogP contribution in [0.1, 0.15) is 81.3 Å². The van der Waals surface area contributed by atoms with E-state index in [1.807, 2.05) is 26.8 Å². The molecule has 0 aliphatic heterocycles. The second-order valence-electron chi connectivity index (χ2n) is 8.10. The van der Waals surface area contributed by atoms with Crippen LogP contribution in [0.4, 0.5) is 0 Å². The normalized spacial score (nSPS) is 19.0. The van der Waals surface area contributed by atoms with Gasteiger partial charge < -0.3 is 14.3 Å². The maximum absolute atomic E-state index is 12.4. The molecule has 0 radical (unpaired) electrons. The molecule has 0 fully saturated rings. The number of rotatable bonds is 5. The zero-order chi connectivity index (χ0) is 18.2. The second kappa shape index (κ2) is 6.65. The Morgan fingerprint density at radius 2 is 2.20 bits per heavy atom. The van der Waals surface area contributed by atoms with Crippen molar-refractivity contribution in [1.29, 1.82) is 0 Å². The number of aromatic nitrogens is 2. The van der Waals surface area contributed by atoms with E-state index in [4.69, 9.17) is 8.94 Å². The van der Waals surface area contributed by atoms with E-state index >= 15 is 0 Å². The lowest BCUT2D eigenvalue weighted by Gasteiger charge is -2.34. The highest BCUT2D eigenvalue weighted by Crippen LogP contribution is 2.42. The largest absolute Gasteiger partial charge is 0.466 e. The van der Waals surface area contributed by atoms with E-state index in [0.717, 1.165) is 29.9 Å². The van der Waals surface area contributed by atoms with Crippen molar-refractivity contribution in [3.8, 4) is 0 Å². The molecule has 3 rings (SSSR count). The Labute approximate surface area is 148 Å². The highest BCUT2D eigenvalue weighted by Gasteiger charge is 2.35. The number of nitrogens with zero attached hydrogens (tertiary/aromatic N) is 2. The number of hydrogen-bond acceptors (Lipinski definition) is 5. The van der Waals surface area contributed by atoms with Crippen molar-refractivity contribution >= 4 is 5.91 Å². The van der Waals surface area contributed by atoms with Gasteiger partial charge in [-0.25, -0.2) is 0 Å². The number of hydrogen-bond donors (Lipinski definition) is 1. The number of aryl methyl sites for hydroxylation is 2. The lowest BCUT2D eigenvalue weighted by molar-refractivity contribution is -0.122. The van der Waals surface area contributed by atoms with E-state index in [1.165, 1.54) is 0 Å². The highest BCUT2D eigenvalue weighted by atomic mass is 16.5. The van der Waals surface area contributed by atoms with Crippen LogP contribution in [-0.2, 0) is 17.6 Å². The van der Waals surface area contributed by atoms with Gasteiger partial charge in [-0.3, -0.25) is 4.79 Å². The van der Waals surface area contributed by atoms with E-state index in [9.17, 15) is 4.79 Å². The molecule has 1 aliphatic rings. The van der Waals surface area contributed by atoms with Gasteiger partial charge in [0.2, 0.25) is 11.8 Å². The quantitative estimate of drug-likeness (QED) is 0.890. The third-order valence-electron chi connectivity index (χ3n) is 4.64. The number of furan rings is 1. The van der Waals surface area contributed by atoms with Gasteiger partial charge in [0.25, 0.3) is 0 Å². The number of amides is 1. The van der Waals surface area contributed by atoms with Gasteiger partial charge in [-0.2, -0.15) is 4.98 Å². The molecule has 0 saturated carbocycles. The Morgan fingerprint density at radius 3 is 2.88 bits per heavy atom. The van der Waals surface area contributed by atoms with E-state index < -0.39 is 0 Å². The van der Waals surface area contributed by atoms with Crippen molar-refractivity contribution in [2.45, 2.75) is 72.3 Å². The fourth-order valence-corrected chi connectivity index (χ4v) is 3.40. The minimum atomic E-state index is -0.00296. The summed E-state index contributed by atoms with van der Waals surface area (Å²) >= 11 is 0. The summed E-state index contributed by atoms with van der Waals surface area (Å²) in [7, 11) is 0. The average molecular weight is 345 g/mol. The molecule has 0 spiro atoms. The summed E-state index contributed by atoms with van der Waals surface area (Å²) in [6, 6.07) is 2.04. The van der Waals surface area contributed by atoms with Crippen molar-refractivity contribution in [2.75, 3.05) is 0 Å². The summed E-state index contributed by atoms with van der Waals surface area (Å²) in [4.78, 5) is 16.7. The topological polar surface area (TPSA) is 81.2 Å². The van der Waals surface area contributed by atoms with Gasteiger partial charge in [0.05, 0.1) is 6.04 Å². The first-order chi connectivity index (χ1) is 11.7. The van der Waals surface area contributed by atoms with Crippen LogP contribution in [0.25, 0.3) is 0 Å². The number of carbonyl (C=O) groups excluding carboxylic acids is 1. The van der Waals surface area contributed by atoms with Gasteiger partial charge in [0.15, 0.2) is 5.82 Å². The van der Waals surface area contributed by atoms with Gasteiger partial charge in [0.1, 0.15) is 11.5 Å². The lowest BCUT2D eigenvalue weighted by Crippen LogP contribution is -2.36. The molecule has 6 nitrogen and oxygen atoms in total. The average Bonchev–Trinajstić information content (AvgIpc) is 3.10. The smallest absolute Gasteiger partial charge is 0.227 e. The molecule has 1 atom stereocenters. The van der Waals surface area contributed by atoms with E-state index in [-0.39, 0.29) is 23.3 Å². The van der Waals surface area contributed by atoms with E-state index in [2.05, 4.69) is 29.3 Å². The monoisotopic (exact) mass is 345 g/mol. The Morgan fingerprint density at radius 1 is 1.44 bits per heavy atom. The fraction of sp³-hybridized carbons (Fsp3) is 0.632. The zero-order valence-electron chi connectivity index (χ0n) is 15.7. The molecule has 25 heavy (non-hydrogen) atoms. The molecular formula is C19H27N3O3. The number of nitrogens with one attached hydrogen (secondary N) is 1. The summed E-state index contributed by atoms with van der Waals surface area (Å²) in [5, 5.41) is 7.09. The van der Waals surface area contributed by atoms with E-state index in [1.54, 1.807) is 0 Å². The Hall–Kier alpha value is -2.11. The minimum Gasteiger partial charge on any atom is -0.466 e. The Kier molecular flexibility index (Phi) is 4.71. The van der Waals surface area contributed by atoms with Crippen LogP contribution in [0.5, 0.6) is 0 Å². The summed E-state index contributed by atoms with van der Waals surface area (Å²) in [6.45, 7) is 10.4. The first kappa shape index (κ1) is 17.7. The first-order valence-electron chi connectivity index (χ1n) is 8.94. The molecule has 1 N–H and O–H groups in total. The predicted octanol–water partition coefficient (Wildman–Crippen LogP) is 3.86. The third kappa shape index (κ3) is 4.11. The molecule has 1 unspecified atom stereocenters. The maximum atomic E-state index is 12.4. The first-order valence-corrected chi connectivity index (χ1v) is 8.94. The van der Waals surface area contributed by atoms with Crippen LogP contribution in [0.3, 0.4) is 0 Å². The number of carbonyl (C=O) groups is 1. The van der Waals surface area contributed by atoms with Gasteiger partial charge in [-0.05, 0) is 24.8 Å². The molecule has 0 saturated heterocycles. The van der Waals surface area contributed by atoms with Crippen molar-refractivity contribution in [2.24, 2.45) is 5.41 Å². The molecule has 136 valence electrons. The summed E-state index contributed by atoms with van der Waals surface area (Å²) in [5.41, 5.74) is 1.22. The summed E-state index contributed by atoms with van der Waals surface area (Å²) in [5.74, 6) is 3.31. The van der Waals surface area contributed by atoms with Crippen LogP contribution >= 0.6 is 0 Å². The Bertz CT molecular complexity index is 758. The lowest BCUT2D eigenvalue weighted by atomic mass is 9.74. The molecule has 0 aromatic carbocycles. The zero-order valence-corrected chi connectivity index (χ0v) is 15.7. The SMILES string of the molecule is Cc1cc2c(o1)CC(C)(C)CC2NC(=O)CCc1nc(C(C)C)no1. The fourth-order valence-electron chi connectivity index (χ4n) is 3.40. The van der Waals surface area contributed by atoms with Crippen molar-refractivity contribution in [3.63, 3.8) is 0 Å². The molecule has 1 amide bonds. The molecule has 6 heteroatoms. The summed E-state index contributed by atoms with van der Waals surface area (Å²) < 4.78 is 11.0. The maximum Gasteiger partial charge on any atom is 0.227 e. The van der Waals surface area contributed by atoms with Crippen molar-refractivity contribution in [1.82, 2.24) is 15.5 Å². The molecule has 2 heterocycles. The minimum absolute atomic E-state index is 0.00221. The standard InChI is InChI=1S/C19H27N3O3/c1-11(2)18-21-17(25-22-18)7-6-16(23)20-14-9-19(4,5)10-15-13(14)8-12(3)24-15/h8,11,14H,6-7,9-10H2,1-5H3,(H,20,23). The van der Waals surface area contributed by atoms with Gasteiger partial charge in [0, 0.05) is 30.7 Å². The Balaban J connectivity index is 1.62. The van der Waals surface area contributed by atoms with Gasteiger partial charge in [-0.1, -0.05) is 32.9 Å². The summed E-state index contributed by atoms with van der Waals surface area (Å²) in [6.07, 6.45) is 2.60. The van der Waals surface area contributed by atoms with Gasteiger partial charge in [-0.15, -0.1) is 0 Å². The van der Waals surface area contributed by atoms with Crippen LogP contribution in [0.15, 0.2) is 15.0 Å². The van der Waals surface area contributed by atoms with Crippen LogP contribution in [-0.4, -0.2) is 16.0 Å². The molecule has 2 aromatic heterocycles. The third-order valence-corrected chi connectivity index (χ3v) is 4.64. The van der Waals surface area contributed by atoms with Crippen molar-refractivity contribution < 1.29 is 13.7 Å². The van der Waals surface area contributed by atoms with Crippen LogP contribution in [0, 0.1) is 12.3 Å². The second-order valence-corrected chi connectivity index (χ2v) is 8.10. The predicted molar refractivity (Wildman–Crippen MR) is 93.1 cm³/mol. The molecular weight excluding hydrogens is 318 g/mol. The number of fused-ring (bicyclic) bond motifs is 1. The molecule has 2 aromatic rings. The van der Waals surface area contributed by atoms with Gasteiger partial charge >= 0.3 is 0 Å². The van der Waals surface area contributed by atoms with Crippen LogP contribution in [0.2, 0.25) is 0 Å². The van der Waals surface area contributed by atoms with E-state index in [0.29, 0.717) is 24.6 Å². The molecule has 1 aliphatic carbocycles.